The summed E-state index contributed by atoms with van der Waals surface area (Å²) < 4.78 is 11.4. The SMILES string of the molecule is Cc1nnc(COc2ccc(C=CC(=O)O)cc2Br)o1. The Labute approximate surface area is 123 Å². The Hall–Kier alpha value is -2.15. The molecule has 0 saturated carbocycles. The minimum absolute atomic E-state index is 0.170. The van der Waals surface area contributed by atoms with Crippen LogP contribution in [0, 0.1) is 6.92 Å². The van der Waals surface area contributed by atoms with E-state index in [0.717, 1.165) is 11.6 Å². The highest BCUT2D eigenvalue weighted by molar-refractivity contribution is 9.10. The zero-order chi connectivity index (χ0) is 14.5. The average molecular weight is 339 g/mol. The van der Waals surface area contributed by atoms with E-state index in [0.29, 0.717) is 22.0 Å². The number of carboxylic acid groups (broad SMARTS) is 1. The van der Waals surface area contributed by atoms with Crippen molar-refractivity contribution in [3.8, 4) is 5.75 Å². The van der Waals surface area contributed by atoms with Gasteiger partial charge in [0, 0.05) is 13.0 Å². The minimum Gasteiger partial charge on any atom is -0.483 e. The van der Waals surface area contributed by atoms with E-state index < -0.39 is 5.97 Å². The smallest absolute Gasteiger partial charge is 0.328 e. The summed E-state index contributed by atoms with van der Waals surface area (Å²) in [4.78, 5) is 10.4. The van der Waals surface area contributed by atoms with Crippen LogP contribution in [-0.4, -0.2) is 21.3 Å². The highest BCUT2D eigenvalue weighted by Gasteiger charge is 2.06. The van der Waals surface area contributed by atoms with Crippen LogP contribution in [0.15, 0.2) is 33.2 Å². The van der Waals surface area contributed by atoms with Crippen LogP contribution < -0.4 is 4.74 Å². The maximum absolute atomic E-state index is 10.4. The maximum Gasteiger partial charge on any atom is 0.328 e. The van der Waals surface area contributed by atoms with Gasteiger partial charge < -0.3 is 14.3 Å². The fourth-order valence-corrected chi connectivity index (χ4v) is 1.95. The predicted octanol–water partition coefficient (Wildman–Crippen LogP) is 2.82. The summed E-state index contributed by atoms with van der Waals surface area (Å²) in [6.07, 6.45) is 2.57. The number of rotatable bonds is 5. The summed E-state index contributed by atoms with van der Waals surface area (Å²) >= 11 is 3.36. The molecule has 0 atom stereocenters. The number of ether oxygens (including phenoxy) is 1. The van der Waals surface area contributed by atoms with Gasteiger partial charge in [-0.05, 0) is 39.7 Å². The number of benzene rings is 1. The Balaban J connectivity index is 2.04. The molecule has 1 heterocycles. The van der Waals surface area contributed by atoms with E-state index in [1.54, 1.807) is 25.1 Å². The van der Waals surface area contributed by atoms with Crippen LogP contribution in [0.4, 0.5) is 0 Å². The molecule has 0 radical (unpaired) electrons. The number of aromatic nitrogens is 2. The Kier molecular flexibility index (Phi) is 4.52. The summed E-state index contributed by atoms with van der Waals surface area (Å²) in [6, 6.07) is 5.24. The number of nitrogens with zero attached hydrogens (tertiary/aromatic N) is 2. The van der Waals surface area contributed by atoms with Gasteiger partial charge in [0.25, 0.3) is 5.89 Å². The Morgan fingerprint density at radius 2 is 2.30 bits per heavy atom. The molecule has 1 aromatic carbocycles. The molecule has 0 bridgehead atoms. The van der Waals surface area contributed by atoms with Crippen molar-refractivity contribution in [3.05, 3.63) is 46.1 Å². The standard InChI is InChI=1S/C13H11BrN2O4/c1-8-15-16-12(20-8)7-19-11-4-2-9(6-10(11)14)3-5-13(17)18/h2-6H,7H2,1H3,(H,17,18). The number of hydrogen-bond acceptors (Lipinski definition) is 5. The van der Waals surface area contributed by atoms with Crippen LogP contribution in [0.25, 0.3) is 6.08 Å². The Morgan fingerprint density at radius 1 is 1.50 bits per heavy atom. The molecule has 0 aliphatic rings. The molecule has 20 heavy (non-hydrogen) atoms. The van der Waals surface area contributed by atoms with Gasteiger partial charge >= 0.3 is 5.97 Å². The summed E-state index contributed by atoms with van der Waals surface area (Å²) in [6.45, 7) is 1.87. The number of carboxylic acids is 1. The molecule has 0 fully saturated rings. The lowest BCUT2D eigenvalue weighted by Gasteiger charge is -2.06. The van der Waals surface area contributed by atoms with Gasteiger partial charge in [-0.25, -0.2) is 4.79 Å². The van der Waals surface area contributed by atoms with E-state index in [-0.39, 0.29) is 6.61 Å². The van der Waals surface area contributed by atoms with Crippen molar-refractivity contribution in [2.45, 2.75) is 13.5 Å². The molecule has 1 N–H and O–H groups in total. The number of aryl methyl sites for hydroxylation is 1. The van der Waals surface area contributed by atoms with Crippen molar-refractivity contribution < 1.29 is 19.1 Å². The first-order valence-electron chi connectivity index (χ1n) is 5.67. The molecular weight excluding hydrogens is 328 g/mol. The van der Waals surface area contributed by atoms with Gasteiger partial charge in [-0.3, -0.25) is 0 Å². The highest BCUT2D eigenvalue weighted by Crippen LogP contribution is 2.27. The van der Waals surface area contributed by atoms with Crippen LogP contribution in [0.2, 0.25) is 0 Å². The molecule has 0 amide bonds. The lowest BCUT2D eigenvalue weighted by Crippen LogP contribution is -1.96. The molecule has 1 aromatic heterocycles. The molecular formula is C13H11BrN2O4. The minimum atomic E-state index is -0.992. The van der Waals surface area contributed by atoms with E-state index in [4.69, 9.17) is 14.3 Å². The second-order valence-electron chi connectivity index (χ2n) is 3.86. The van der Waals surface area contributed by atoms with Crippen LogP contribution in [0.5, 0.6) is 5.75 Å². The first-order valence-corrected chi connectivity index (χ1v) is 6.46. The zero-order valence-electron chi connectivity index (χ0n) is 10.5. The fourth-order valence-electron chi connectivity index (χ4n) is 1.44. The molecule has 0 aliphatic heterocycles. The molecule has 0 saturated heterocycles. The Morgan fingerprint density at radius 3 is 2.90 bits per heavy atom. The molecule has 0 unspecified atom stereocenters. The van der Waals surface area contributed by atoms with Gasteiger partial charge in [-0.2, -0.15) is 0 Å². The van der Waals surface area contributed by atoms with Crippen molar-refractivity contribution in [1.82, 2.24) is 10.2 Å². The zero-order valence-corrected chi connectivity index (χ0v) is 12.1. The second kappa shape index (κ2) is 6.33. The summed E-state index contributed by atoms with van der Waals surface area (Å²) in [5.74, 6) is 0.489. The van der Waals surface area contributed by atoms with E-state index >= 15 is 0 Å². The van der Waals surface area contributed by atoms with Crippen LogP contribution >= 0.6 is 15.9 Å². The average Bonchev–Trinajstić information content (AvgIpc) is 2.81. The van der Waals surface area contributed by atoms with Crippen LogP contribution in [-0.2, 0) is 11.4 Å². The topological polar surface area (TPSA) is 85.5 Å². The first kappa shape index (κ1) is 14.3. The number of halogens is 1. The van der Waals surface area contributed by atoms with Crippen molar-refractivity contribution in [1.29, 1.82) is 0 Å². The first-order chi connectivity index (χ1) is 9.54. The Bertz CT molecular complexity index is 652. The van der Waals surface area contributed by atoms with Gasteiger partial charge in [0.2, 0.25) is 5.89 Å². The van der Waals surface area contributed by atoms with Gasteiger partial charge in [0.1, 0.15) is 5.75 Å². The normalized spacial score (nSPS) is 10.9. The van der Waals surface area contributed by atoms with E-state index in [9.17, 15) is 4.79 Å². The van der Waals surface area contributed by atoms with Gasteiger partial charge in [-0.15, -0.1) is 10.2 Å². The number of carbonyl (C=O) groups is 1. The quantitative estimate of drug-likeness (QED) is 0.843. The number of aliphatic carboxylic acids is 1. The van der Waals surface area contributed by atoms with Crippen LogP contribution in [0.1, 0.15) is 17.3 Å². The lowest BCUT2D eigenvalue weighted by molar-refractivity contribution is -0.131. The maximum atomic E-state index is 10.4. The largest absolute Gasteiger partial charge is 0.483 e. The summed E-state index contributed by atoms with van der Waals surface area (Å²) in [5, 5.41) is 16.1. The van der Waals surface area contributed by atoms with Gasteiger partial charge in [0.15, 0.2) is 6.61 Å². The molecule has 7 heteroatoms. The molecule has 2 aromatic rings. The second-order valence-corrected chi connectivity index (χ2v) is 4.72. The van der Waals surface area contributed by atoms with Crippen molar-refractivity contribution in [3.63, 3.8) is 0 Å². The van der Waals surface area contributed by atoms with Gasteiger partial charge in [-0.1, -0.05) is 6.07 Å². The van der Waals surface area contributed by atoms with E-state index in [1.165, 1.54) is 6.08 Å². The molecule has 0 spiro atoms. The third-order valence-electron chi connectivity index (χ3n) is 2.29. The third-order valence-corrected chi connectivity index (χ3v) is 2.91. The lowest BCUT2D eigenvalue weighted by atomic mass is 10.2. The van der Waals surface area contributed by atoms with Crippen molar-refractivity contribution in [2.75, 3.05) is 0 Å². The number of hydrogen-bond donors (Lipinski definition) is 1. The van der Waals surface area contributed by atoms with Crippen LogP contribution in [0.3, 0.4) is 0 Å². The third kappa shape index (κ3) is 3.92. The summed E-state index contributed by atoms with van der Waals surface area (Å²) in [7, 11) is 0. The predicted molar refractivity (Wildman–Crippen MR) is 74.2 cm³/mol. The highest BCUT2D eigenvalue weighted by atomic mass is 79.9. The molecule has 104 valence electrons. The molecule has 2 rings (SSSR count). The fraction of sp³-hybridized carbons (Fsp3) is 0.154. The van der Waals surface area contributed by atoms with Gasteiger partial charge in [0.05, 0.1) is 4.47 Å². The van der Waals surface area contributed by atoms with Crippen molar-refractivity contribution >= 4 is 28.0 Å². The van der Waals surface area contributed by atoms with E-state index in [2.05, 4.69) is 26.1 Å². The molecule has 6 nitrogen and oxygen atoms in total. The molecule has 0 aliphatic carbocycles. The van der Waals surface area contributed by atoms with E-state index in [1.807, 2.05) is 0 Å². The summed E-state index contributed by atoms with van der Waals surface area (Å²) in [5.41, 5.74) is 0.750. The van der Waals surface area contributed by atoms with Crippen molar-refractivity contribution in [2.24, 2.45) is 0 Å². The monoisotopic (exact) mass is 338 g/mol.